The maximum Gasteiger partial charge on any atom is 0.0875 e. The van der Waals surface area contributed by atoms with E-state index in [-0.39, 0.29) is 12.1 Å². The number of nitrogens with zero attached hydrogens (tertiary/aromatic N) is 2. The average Bonchev–Trinajstić information content (AvgIpc) is 2.63. The average molecular weight is 306 g/mol. The fourth-order valence-electron chi connectivity index (χ4n) is 1.97. The molecule has 6 heteroatoms. The predicted octanol–water partition coefficient (Wildman–Crippen LogP) is 1.58. The maximum absolute atomic E-state index is 5.82. The lowest BCUT2D eigenvalue weighted by molar-refractivity contribution is 0.0466. The zero-order valence-electron chi connectivity index (χ0n) is 9.44. The minimum Gasteiger partial charge on any atom is -0.374 e. The second kappa shape index (κ2) is 5.53. The molecule has 0 bridgehead atoms. The highest BCUT2D eigenvalue weighted by molar-refractivity contribution is 9.10. The van der Waals surface area contributed by atoms with Gasteiger partial charge in [-0.15, -0.1) is 0 Å². The summed E-state index contributed by atoms with van der Waals surface area (Å²) < 4.78 is 8.75. The number of ether oxygens (including phenoxy) is 1. The number of rotatable bonds is 3. The first kappa shape index (κ1) is 12.4. The molecule has 2 heterocycles. The second-order valence-corrected chi connectivity index (χ2v) is 5.76. The molecule has 2 unspecified atom stereocenters. The summed E-state index contributed by atoms with van der Waals surface area (Å²) in [4.78, 5) is 0. The Morgan fingerprint density at radius 1 is 1.75 bits per heavy atom. The number of aromatic nitrogens is 2. The summed E-state index contributed by atoms with van der Waals surface area (Å²) in [6.07, 6.45) is 2.05. The van der Waals surface area contributed by atoms with Crippen LogP contribution in [0.5, 0.6) is 0 Å². The lowest BCUT2D eigenvalue weighted by atomic mass is 10.1. The molecule has 0 aromatic carbocycles. The van der Waals surface area contributed by atoms with Crippen LogP contribution in [-0.4, -0.2) is 41.0 Å². The van der Waals surface area contributed by atoms with E-state index in [1.165, 1.54) is 0 Å². The smallest absolute Gasteiger partial charge is 0.0875 e. The third-order valence-electron chi connectivity index (χ3n) is 2.76. The number of nitrogens with one attached hydrogen (secondary N) is 1. The molecule has 0 radical (unpaired) electrons. The van der Waals surface area contributed by atoms with Crippen molar-refractivity contribution < 1.29 is 4.74 Å². The summed E-state index contributed by atoms with van der Waals surface area (Å²) in [5.74, 6) is 2.13. The van der Waals surface area contributed by atoms with Gasteiger partial charge >= 0.3 is 0 Å². The van der Waals surface area contributed by atoms with Gasteiger partial charge in [-0.25, -0.2) is 0 Å². The molecule has 2 rings (SSSR count). The van der Waals surface area contributed by atoms with Gasteiger partial charge in [-0.2, -0.15) is 16.9 Å². The largest absolute Gasteiger partial charge is 0.374 e. The van der Waals surface area contributed by atoms with Gasteiger partial charge < -0.3 is 10.1 Å². The number of halogens is 1. The molecule has 1 fully saturated rings. The summed E-state index contributed by atoms with van der Waals surface area (Å²) in [6.45, 7) is 0.836. The van der Waals surface area contributed by atoms with Gasteiger partial charge in [0.2, 0.25) is 0 Å². The molecule has 1 aromatic heterocycles. The van der Waals surface area contributed by atoms with E-state index in [9.17, 15) is 0 Å². The van der Waals surface area contributed by atoms with Crippen molar-refractivity contribution in [3.63, 3.8) is 0 Å². The third-order valence-corrected chi connectivity index (χ3v) is 4.39. The van der Waals surface area contributed by atoms with Crippen LogP contribution in [0, 0.1) is 0 Å². The first-order chi connectivity index (χ1) is 7.74. The Kier molecular flexibility index (Phi) is 4.29. The van der Waals surface area contributed by atoms with Gasteiger partial charge in [0.05, 0.1) is 35.1 Å². The Labute approximate surface area is 108 Å². The molecule has 1 aliphatic heterocycles. The minimum absolute atomic E-state index is 0.190. The summed E-state index contributed by atoms with van der Waals surface area (Å²) >= 11 is 5.49. The normalized spacial score (nSPS) is 23.3. The summed E-state index contributed by atoms with van der Waals surface area (Å²) in [5.41, 5.74) is 1.15. The van der Waals surface area contributed by atoms with Crippen LogP contribution in [0.4, 0.5) is 0 Å². The fourth-order valence-corrected chi connectivity index (χ4v) is 3.46. The molecule has 0 amide bonds. The Morgan fingerprint density at radius 2 is 2.56 bits per heavy atom. The van der Waals surface area contributed by atoms with E-state index in [1.807, 2.05) is 36.7 Å². The van der Waals surface area contributed by atoms with Gasteiger partial charge in [0.15, 0.2) is 0 Å². The second-order valence-electron chi connectivity index (χ2n) is 3.75. The molecule has 0 spiro atoms. The van der Waals surface area contributed by atoms with Crippen LogP contribution in [0.2, 0.25) is 0 Å². The minimum atomic E-state index is 0.190. The molecular weight excluding hydrogens is 290 g/mol. The van der Waals surface area contributed by atoms with Crippen molar-refractivity contribution in [1.29, 1.82) is 0 Å². The van der Waals surface area contributed by atoms with E-state index >= 15 is 0 Å². The van der Waals surface area contributed by atoms with E-state index in [4.69, 9.17) is 4.74 Å². The van der Waals surface area contributed by atoms with Crippen LogP contribution in [-0.2, 0) is 11.8 Å². The molecule has 1 N–H and O–H groups in total. The number of hydrogen-bond acceptors (Lipinski definition) is 4. The van der Waals surface area contributed by atoms with Crippen LogP contribution in [0.1, 0.15) is 11.7 Å². The Bertz CT molecular complexity index is 332. The summed E-state index contributed by atoms with van der Waals surface area (Å²) in [7, 11) is 3.92. The Balaban J connectivity index is 2.21. The van der Waals surface area contributed by atoms with E-state index in [0.717, 1.165) is 28.3 Å². The number of aryl methyl sites for hydroxylation is 1. The number of likely N-dealkylation sites (N-methyl/N-ethyl adjacent to an activating group) is 1. The molecule has 4 nitrogen and oxygen atoms in total. The van der Waals surface area contributed by atoms with Crippen molar-refractivity contribution in [2.75, 3.05) is 25.2 Å². The van der Waals surface area contributed by atoms with Gasteiger partial charge in [-0.05, 0) is 23.0 Å². The van der Waals surface area contributed by atoms with Crippen molar-refractivity contribution in [3.05, 3.63) is 16.4 Å². The highest BCUT2D eigenvalue weighted by Crippen LogP contribution is 2.29. The molecule has 1 aromatic rings. The molecule has 0 aliphatic carbocycles. The first-order valence-electron chi connectivity index (χ1n) is 5.28. The van der Waals surface area contributed by atoms with Crippen LogP contribution in [0.3, 0.4) is 0 Å². The van der Waals surface area contributed by atoms with E-state index < -0.39 is 0 Å². The van der Waals surface area contributed by atoms with E-state index in [0.29, 0.717) is 0 Å². The molecule has 2 atom stereocenters. The quantitative estimate of drug-likeness (QED) is 0.920. The van der Waals surface area contributed by atoms with Crippen molar-refractivity contribution in [2.24, 2.45) is 7.05 Å². The molecule has 1 aliphatic rings. The van der Waals surface area contributed by atoms with Crippen molar-refractivity contribution in [2.45, 2.75) is 12.1 Å². The van der Waals surface area contributed by atoms with Crippen molar-refractivity contribution >= 4 is 27.7 Å². The summed E-state index contributed by atoms with van der Waals surface area (Å²) in [6, 6.07) is 0.190. The lowest BCUT2D eigenvalue weighted by Crippen LogP contribution is -2.37. The predicted molar refractivity (Wildman–Crippen MR) is 69.8 cm³/mol. The highest BCUT2D eigenvalue weighted by Gasteiger charge is 2.28. The van der Waals surface area contributed by atoms with Crippen LogP contribution in [0.25, 0.3) is 0 Å². The number of thioether (sulfide) groups is 1. The van der Waals surface area contributed by atoms with Crippen LogP contribution in [0.15, 0.2) is 10.7 Å². The molecular formula is C10H16BrN3OS. The Hall–Kier alpha value is -0.0400. The van der Waals surface area contributed by atoms with Gasteiger partial charge in [-0.1, -0.05) is 0 Å². The van der Waals surface area contributed by atoms with Gasteiger partial charge in [0.25, 0.3) is 0 Å². The highest BCUT2D eigenvalue weighted by atomic mass is 79.9. The van der Waals surface area contributed by atoms with E-state index in [2.05, 4.69) is 26.3 Å². The number of hydrogen-bond donors (Lipinski definition) is 1. The zero-order chi connectivity index (χ0) is 11.5. The van der Waals surface area contributed by atoms with Gasteiger partial charge in [0, 0.05) is 18.6 Å². The SMILES string of the molecule is CNC(c1c(Br)cnn1C)C1CSCCO1. The third kappa shape index (κ3) is 2.45. The Morgan fingerprint density at radius 3 is 3.06 bits per heavy atom. The van der Waals surface area contributed by atoms with E-state index in [1.54, 1.807) is 0 Å². The molecule has 0 saturated carbocycles. The van der Waals surface area contributed by atoms with Gasteiger partial charge in [0.1, 0.15) is 0 Å². The topological polar surface area (TPSA) is 39.1 Å². The van der Waals surface area contributed by atoms with Gasteiger partial charge in [-0.3, -0.25) is 4.68 Å². The fraction of sp³-hybridized carbons (Fsp3) is 0.700. The standard InChI is InChI=1S/C10H16BrN3OS/c1-12-9(8-6-16-4-3-15-8)10-7(11)5-13-14(10)2/h5,8-9,12H,3-4,6H2,1-2H3. The summed E-state index contributed by atoms with van der Waals surface area (Å²) in [5, 5.41) is 7.57. The first-order valence-corrected chi connectivity index (χ1v) is 7.23. The zero-order valence-corrected chi connectivity index (χ0v) is 11.8. The van der Waals surface area contributed by atoms with Crippen LogP contribution >= 0.6 is 27.7 Å². The van der Waals surface area contributed by atoms with Crippen LogP contribution < -0.4 is 5.32 Å². The molecule has 90 valence electrons. The van der Waals surface area contributed by atoms with Crippen molar-refractivity contribution in [3.8, 4) is 0 Å². The lowest BCUT2D eigenvalue weighted by Gasteiger charge is -2.30. The molecule has 16 heavy (non-hydrogen) atoms. The molecule has 1 saturated heterocycles. The maximum atomic E-state index is 5.82. The monoisotopic (exact) mass is 305 g/mol. The van der Waals surface area contributed by atoms with Crippen molar-refractivity contribution in [1.82, 2.24) is 15.1 Å².